The van der Waals surface area contributed by atoms with Gasteiger partial charge in [0.15, 0.2) is 0 Å². The Bertz CT molecular complexity index is 1110. The fraction of sp³-hybridized carbons (Fsp3) is 0.692. The van der Waals surface area contributed by atoms with E-state index in [0.717, 1.165) is 4.90 Å². The molecule has 20 heteroatoms. The Labute approximate surface area is 270 Å². The molecule has 260 valence electrons. The summed E-state index contributed by atoms with van der Waals surface area (Å²) in [6.07, 6.45) is 1.23. The van der Waals surface area contributed by atoms with E-state index in [0.29, 0.717) is 32.2 Å². The number of hydrogen-bond acceptors (Lipinski definition) is 12. The average Bonchev–Trinajstić information content (AvgIpc) is 3.51. The molecular weight excluding hydrogens is 632 g/mol. The van der Waals surface area contributed by atoms with Gasteiger partial charge in [-0.3, -0.25) is 33.6 Å². The molecule has 0 bridgehead atoms. The van der Waals surface area contributed by atoms with Crippen molar-refractivity contribution in [1.82, 2.24) is 31.5 Å². The number of carboxylic acids is 2. The van der Waals surface area contributed by atoms with Crippen molar-refractivity contribution in [3.63, 3.8) is 0 Å². The van der Waals surface area contributed by atoms with Gasteiger partial charge in [0.25, 0.3) is 0 Å². The Morgan fingerprint density at radius 3 is 2.04 bits per heavy atom. The number of rotatable bonds is 21. The summed E-state index contributed by atoms with van der Waals surface area (Å²) in [5.74, 6) is -7.62. The third-order valence-corrected chi connectivity index (χ3v) is 7.27. The van der Waals surface area contributed by atoms with Crippen LogP contribution in [0, 0.1) is 0 Å². The number of unbranched alkanes of at least 4 members (excludes halogenated alkanes) is 1. The molecule has 1 rings (SSSR count). The van der Waals surface area contributed by atoms with Gasteiger partial charge in [-0.15, -0.1) is 0 Å². The molecule has 1 aliphatic heterocycles. The van der Waals surface area contributed by atoms with Gasteiger partial charge in [-0.05, 0) is 38.6 Å². The number of aliphatic hydroxyl groups is 1. The lowest BCUT2D eigenvalue weighted by Gasteiger charge is -2.29. The van der Waals surface area contributed by atoms with Crippen LogP contribution >= 0.6 is 12.6 Å². The summed E-state index contributed by atoms with van der Waals surface area (Å²) in [5, 5.41) is 39.3. The number of carbonyl (C=O) groups is 8. The molecule has 46 heavy (non-hydrogen) atoms. The molecule has 0 radical (unpaired) electrons. The van der Waals surface area contributed by atoms with Gasteiger partial charge in [0.2, 0.25) is 35.4 Å². The second-order valence-corrected chi connectivity index (χ2v) is 10.8. The van der Waals surface area contributed by atoms with E-state index < -0.39 is 110 Å². The molecular formula is C26H44N8O11S. The number of aliphatic carboxylic acids is 2. The van der Waals surface area contributed by atoms with Crippen molar-refractivity contribution in [2.24, 2.45) is 11.5 Å². The van der Waals surface area contributed by atoms with Crippen LogP contribution in [0.2, 0.25) is 0 Å². The molecule has 0 saturated carbocycles. The topological polar surface area (TPSA) is 313 Å². The molecule has 0 unspecified atom stereocenters. The van der Waals surface area contributed by atoms with Crippen LogP contribution in [0.5, 0.6) is 0 Å². The molecule has 0 aromatic carbocycles. The molecule has 0 aromatic heterocycles. The number of nitrogens with zero attached hydrogens (tertiary/aromatic N) is 1. The van der Waals surface area contributed by atoms with Crippen LogP contribution in [-0.4, -0.2) is 136 Å². The maximum Gasteiger partial charge on any atom is 0.327 e. The minimum Gasteiger partial charge on any atom is -0.481 e. The molecule has 5 atom stereocenters. The summed E-state index contributed by atoms with van der Waals surface area (Å²) >= 11 is 3.84. The van der Waals surface area contributed by atoms with Gasteiger partial charge in [-0.2, -0.15) is 12.6 Å². The van der Waals surface area contributed by atoms with Gasteiger partial charge in [0.1, 0.15) is 24.2 Å². The summed E-state index contributed by atoms with van der Waals surface area (Å²) in [5.41, 5.74) is 11.2. The van der Waals surface area contributed by atoms with Crippen molar-refractivity contribution >= 4 is 60.0 Å². The maximum atomic E-state index is 13.4. The van der Waals surface area contributed by atoms with Crippen LogP contribution in [-0.2, 0) is 38.4 Å². The number of carboxylic acid groups (broad SMARTS) is 2. The van der Waals surface area contributed by atoms with Crippen LogP contribution in [0.15, 0.2) is 0 Å². The minimum atomic E-state index is -1.58. The highest BCUT2D eigenvalue weighted by atomic mass is 32.1. The highest BCUT2D eigenvalue weighted by molar-refractivity contribution is 7.80. The first kappa shape index (κ1) is 40.0. The third kappa shape index (κ3) is 14.0. The highest BCUT2D eigenvalue weighted by Gasteiger charge is 2.38. The quantitative estimate of drug-likeness (QED) is 0.0401. The summed E-state index contributed by atoms with van der Waals surface area (Å²) in [7, 11) is 0. The number of thiol groups is 1. The highest BCUT2D eigenvalue weighted by Crippen LogP contribution is 2.20. The van der Waals surface area contributed by atoms with E-state index in [9.17, 15) is 48.6 Å². The Balaban J connectivity index is 2.84. The lowest BCUT2D eigenvalue weighted by atomic mass is 10.1. The fourth-order valence-corrected chi connectivity index (χ4v) is 4.64. The van der Waals surface area contributed by atoms with Gasteiger partial charge < -0.3 is 58.3 Å². The summed E-state index contributed by atoms with van der Waals surface area (Å²) in [6.45, 7) is -1.56. The monoisotopic (exact) mass is 676 g/mol. The minimum absolute atomic E-state index is 0.0670. The standard InChI is InChI=1S/C26H44N8O11S/c27-8-2-1-4-14(28)22(40)29-10-19(36)31-16(12-35)23(41)33-15(6-7-21(38)39)25(43)34-9-3-5-18(34)24(42)30-11-20(37)32-17(13-46)26(44)45/h14-18,35,46H,1-13,27-28H2,(H,29,40)(H,30,42)(H,31,36)(H,32,37)(H,33,41)(H,38,39)(H,44,45)/t14-,15-,16-,17-,18-/m0/s1. The Kier molecular flexibility index (Phi) is 18.2. The fourth-order valence-electron chi connectivity index (χ4n) is 4.39. The molecule has 1 aliphatic rings. The molecule has 1 fully saturated rings. The van der Waals surface area contributed by atoms with Crippen molar-refractivity contribution in [3.05, 3.63) is 0 Å². The Hall–Kier alpha value is -4.01. The number of amides is 6. The van der Waals surface area contributed by atoms with Crippen molar-refractivity contribution in [1.29, 1.82) is 0 Å². The molecule has 12 N–H and O–H groups in total. The van der Waals surface area contributed by atoms with Crippen LogP contribution in [0.4, 0.5) is 0 Å². The van der Waals surface area contributed by atoms with E-state index >= 15 is 0 Å². The molecule has 1 heterocycles. The first-order chi connectivity index (χ1) is 21.7. The smallest absolute Gasteiger partial charge is 0.327 e. The Morgan fingerprint density at radius 2 is 1.48 bits per heavy atom. The lowest BCUT2D eigenvalue weighted by molar-refractivity contribution is -0.143. The molecule has 0 aromatic rings. The number of carbonyl (C=O) groups excluding carboxylic acids is 6. The van der Waals surface area contributed by atoms with Crippen LogP contribution in [0.25, 0.3) is 0 Å². The van der Waals surface area contributed by atoms with Gasteiger partial charge in [0, 0.05) is 18.7 Å². The van der Waals surface area contributed by atoms with Crippen molar-refractivity contribution in [3.8, 4) is 0 Å². The van der Waals surface area contributed by atoms with Crippen LogP contribution < -0.4 is 38.1 Å². The number of hydrogen-bond donors (Lipinski definition) is 11. The van der Waals surface area contributed by atoms with Gasteiger partial charge in [-0.25, -0.2) is 4.79 Å². The zero-order valence-electron chi connectivity index (χ0n) is 25.2. The molecule has 1 saturated heterocycles. The summed E-state index contributed by atoms with van der Waals surface area (Å²) in [6, 6.07) is -6.29. The van der Waals surface area contributed by atoms with E-state index in [2.05, 4.69) is 39.2 Å². The van der Waals surface area contributed by atoms with Gasteiger partial charge in [-0.1, -0.05) is 6.42 Å². The average molecular weight is 677 g/mol. The van der Waals surface area contributed by atoms with E-state index in [4.69, 9.17) is 16.6 Å². The third-order valence-electron chi connectivity index (χ3n) is 6.90. The number of nitrogens with two attached hydrogens (primary N) is 2. The maximum absolute atomic E-state index is 13.4. The van der Waals surface area contributed by atoms with Crippen LogP contribution in [0.1, 0.15) is 44.9 Å². The van der Waals surface area contributed by atoms with Crippen molar-refractivity contribution in [2.45, 2.75) is 75.2 Å². The summed E-state index contributed by atoms with van der Waals surface area (Å²) < 4.78 is 0. The van der Waals surface area contributed by atoms with Crippen LogP contribution in [0.3, 0.4) is 0 Å². The van der Waals surface area contributed by atoms with Gasteiger partial charge >= 0.3 is 11.9 Å². The largest absolute Gasteiger partial charge is 0.481 e. The van der Waals surface area contributed by atoms with Gasteiger partial charge in [0.05, 0.1) is 25.7 Å². The zero-order chi connectivity index (χ0) is 34.8. The lowest BCUT2D eigenvalue weighted by Crippen LogP contribution is -2.58. The summed E-state index contributed by atoms with van der Waals surface area (Å²) in [4.78, 5) is 99.2. The zero-order valence-corrected chi connectivity index (χ0v) is 26.1. The van der Waals surface area contributed by atoms with E-state index in [-0.39, 0.29) is 18.7 Å². The predicted octanol–water partition coefficient (Wildman–Crippen LogP) is -5.01. The second kappa shape index (κ2) is 20.9. The predicted molar refractivity (Wildman–Crippen MR) is 163 cm³/mol. The van der Waals surface area contributed by atoms with Crippen molar-refractivity contribution < 1.29 is 53.7 Å². The first-order valence-corrected chi connectivity index (χ1v) is 15.3. The normalized spacial score (nSPS) is 16.7. The number of nitrogens with one attached hydrogen (secondary N) is 5. The van der Waals surface area contributed by atoms with E-state index in [1.54, 1.807) is 0 Å². The SMILES string of the molecule is NCCCC[C@H](N)C(=O)NCC(=O)N[C@@H](CO)C(=O)N[C@@H](CCC(=O)O)C(=O)N1CCC[C@H]1C(=O)NCC(=O)N[C@@H](CS)C(=O)O. The van der Waals surface area contributed by atoms with E-state index in [1.807, 2.05) is 0 Å². The first-order valence-electron chi connectivity index (χ1n) is 14.6. The number of aliphatic hydroxyl groups excluding tert-OH is 1. The Morgan fingerprint density at radius 1 is 0.848 bits per heavy atom. The number of likely N-dealkylation sites (tertiary alicyclic amines) is 1. The van der Waals surface area contributed by atoms with E-state index in [1.165, 1.54) is 0 Å². The molecule has 6 amide bonds. The van der Waals surface area contributed by atoms with Crippen molar-refractivity contribution in [2.75, 3.05) is 38.5 Å². The second-order valence-electron chi connectivity index (χ2n) is 10.5. The molecule has 19 nitrogen and oxygen atoms in total. The molecule has 0 aliphatic carbocycles. The molecule has 0 spiro atoms.